The average molecular weight is 317 g/mol. The van der Waals surface area contributed by atoms with Crippen LogP contribution in [0.2, 0.25) is 5.15 Å². The first-order valence-electron chi connectivity index (χ1n) is 6.40. The fourth-order valence-corrected chi connectivity index (χ4v) is 2.31. The fraction of sp³-hybridized carbons (Fsp3) is 0.0625. The normalized spacial score (nSPS) is 10.7. The highest BCUT2D eigenvalue weighted by molar-refractivity contribution is 6.34. The summed E-state index contributed by atoms with van der Waals surface area (Å²) >= 11 is 6.09. The van der Waals surface area contributed by atoms with Gasteiger partial charge in [0.2, 0.25) is 11.6 Å². The van der Waals surface area contributed by atoms with Gasteiger partial charge in [-0.2, -0.15) is 0 Å². The molecule has 1 aromatic heterocycles. The van der Waals surface area contributed by atoms with E-state index in [1.54, 1.807) is 18.2 Å². The zero-order valence-electron chi connectivity index (χ0n) is 11.5. The third-order valence-electron chi connectivity index (χ3n) is 3.17. The number of ketones is 1. The summed E-state index contributed by atoms with van der Waals surface area (Å²) in [5.74, 6) is -1.06. The molecule has 0 saturated heterocycles. The number of hydrogen-bond acceptors (Lipinski definition) is 4. The summed E-state index contributed by atoms with van der Waals surface area (Å²) in [6, 6.07) is 10.9. The number of hydrogen-bond donors (Lipinski definition) is 0. The molecule has 0 aliphatic heterocycles. The number of fused-ring (bicyclic) bond motifs is 1. The Morgan fingerprint density at radius 3 is 2.73 bits per heavy atom. The van der Waals surface area contributed by atoms with Crippen LogP contribution in [0.3, 0.4) is 0 Å². The molecule has 0 radical (unpaired) electrons. The van der Waals surface area contributed by atoms with Crippen molar-refractivity contribution in [3.05, 3.63) is 64.8 Å². The summed E-state index contributed by atoms with van der Waals surface area (Å²) in [7, 11) is 1.33. The molecule has 0 spiro atoms. The first-order chi connectivity index (χ1) is 10.6. The number of aromatic nitrogens is 2. The Bertz CT molecular complexity index is 883. The van der Waals surface area contributed by atoms with E-state index in [0.29, 0.717) is 10.9 Å². The summed E-state index contributed by atoms with van der Waals surface area (Å²) in [6.07, 6.45) is 0. The van der Waals surface area contributed by atoms with Crippen LogP contribution >= 0.6 is 11.6 Å². The maximum atomic E-state index is 13.4. The number of benzene rings is 2. The van der Waals surface area contributed by atoms with Gasteiger partial charge in [0.25, 0.3) is 0 Å². The number of carbonyl (C=O) groups excluding carboxylic acids is 1. The predicted octanol–water partition coefficient (Wildman–Crippen LogP) is 3.66. The van der Waals surface area contributed by atoms with Gasteiger partial charge in [-0.25, -0.2) is 14.4 Å². The zero-order valence-corrected chi connectivity index (χ0v) is 12.3. The lowest BCUT2D eigenvalue weighted by Crippen LogP contribution is -2.08. The topological polar surface area (TPSA) is 52.1 Å². The molecule has 0 aliphatic carbocycles. The zero-order chi connectivity index (χ0) is 15.7. The van der Waals surface area contributed by atoms with Crippen LogP contribution in [0.15, 0.2) is 42.5 Å². The Hall–Kier alpha value is -2.53. The number of methoxy groups -OCH3 is 1. The van der Waals surface area contributed by atoms with Crippen molar-refractivity contribution < 1.29 is 13.9 Å². The van der Waals surface area contributed by atoms with Crippen LogP contribution in [0.4, 0.5) is 4.39 Å². The molecule has 0 unspecified atom stereocenters. The van der Waals surface area contributed by atoms with Crippen molar-refractivity contribution in [1.29, 1.82) is 0 Å². The molecule has 4 nitrogen and oxygen atoms in total. The molecule has 110 valence electrons. The molecule has 0 aliphatic rings. The monoisotopic (exact) mass is 316 g/mol. The van der Waals surface area contributed by atoms with Gasteiger partial charge in [0.15, 0.2) is 11.6 Å². The Labute approximate surface area is 130 Å². The molecule has 0 fully saturated rings. The summed E-state index contributed by atoms with van der Waals surface area (Å²) < 4.78 is 18.3. The lowest BCUT2D eigenvalue weighted by Gasteiger charge is -2.06. The van der Waals surface area contributed by atoms with E-state index >= 15 is 0 Å². The van der Waals surface area contributed by atoms with Crippen molar-refractivity contribution in [2.45, 2.75) is 0 Å². The summed E-state index contributed by atoms with van der Waals surface area (Å²) in [6.45, 7) is 0. The first kappa shape index (κ1) is 14.4. The number of para-hydroxylation sites is 1. The molecule has 0 amide bonds. The standard InChI is InChI=1S/C16H10ClFN2O2/c1-22-13-8-9(6-7-11(13)18)14(21)16-19-12-5-3-2-4-10(12)15(17)20-16/h2-8H,1H3. The van der Waals surface area contributed by atoms with Gasteiger partial charge >= 0.3 is 0 Å². The Balaban J connectivity index is 2.09. The predicted molar refractivity (Wildman–Crippen MR) is 80.9 cm³/mol. The number of carbonyl (C=O) groups is 1. The minimum absolute atomic E-state index is 0.0160. The van der Waals surface area contributed by atoms with Crippen molar-refractivity contribution in [1.82, 2.24) is 9.97 Å². The lowest BCUT2D eigenvalue weighted by molar-refractivity contribution is 0.102. The number of nitrogens with zero attached hydrogens (tertiary/aromatic N) is 2. The molecule has 0 N–H and O–H groups in total. The molecule has 1 heterocycles. The van der Waals surface area contributed by atoms with Gasteiger partial charge in [-0.15, -0.1) is 0 Å². The van der Waals surface area contributed by atoms with Gasteiger partial charge in [0.05, 0.1) is 12.6 Å². The molecule has 2 aromatic carbocycles. The molecule has 3 rings (SSSR count). The number of halogens is 2. The van der Waals surface area contributed by atoms with Crippen molar-refractivity contribution in [2.24, 2.45) is 0 Å². The molecular formula is C16H10ClFN2O2. The first-order valence-corrected chi connectivity index (χ1v) is 6.78. The van der Waals surface area contributed by atoms with Crippen LogP contribution in [-0.4, -0.2) is 22.9 Å². The van der Waals surface area contributed by atoms with Gasteiger partial charge in [0, 0.05) is 10.9 Å². The van der Waals surface area contributed by atoms with Gasteiger partial charge in [-0.3, -0.25) is 4.79 Å². The van der Waals surface area contributed by atoms with E-state index in [4.69, 9.17) is 16.3 Å². The summed E-state index contributed by atoms with van der Waals surface area (Å²) in [4.78, 5) is 20.7. The highest BCUT2D eigenvalue weighted by Crippen LogP contribution is 2.23. The fourth-order valence-electron chi connectivity index (χ4n) is 2.07. The van der Waals surface area contributed by atoms with E-state index in [1.807, 2.05) is 6.07 Å². The van der Waals surface area contributed by atoms with E-state index < -0.39 is 11.6 Å². The van der Waals surface area contributed by atoms with E-state index in [-0.39, 0.29) is 22.3 Å². The SMILES string of the molecule is COc1cc(C(=O)c2nc(Cl)c3ccccc3n2)ccc1F. The average Bonchev–Trinajstić information content (AvgIpc) is 2.54. The highest BCUT2D eigenvalue weighted by atomic mass is 35.5. The number of rotatable bonds is 3. The van der Waals surface area contributed by atoms with E-state index in [9.17, 15) is 9.18 Å². The third-order valence-corrected chi connectivity index (χ3v) is 3.46. The van der Waals surface area contributed by atoms with Gasteiger partial charge in [-0.05, 0) is 30.3 Å². The van der Waals surface area contributed by atoms with Crippen molar-refractivity contribution >= 4 is 28.3 Å². The minimum atomic E-state index is -0.545. The van der Waals surface area contributed by atoms with Crippen molar-refractivity contribution in [3.8, 4) is 5.75 Å². The van der Waals surface area contributed by atoms with Crippen molar-refractivity contribution in [2.75, 3.05) is 7.11 Å². The van der Waals surface area contributed by atoms with E-state index in [2.05, 4.69) is 9.97 Å². The Kier molecular flexibility index (Phi) is 3.73. The largest absolute Gasteiger partial charge is 0.494 e. The van der Waals surface area contributed by atoms with Crippen molar-refractivity contribution in [3.63, 3.8) is 0 Å². The Morgan fingerprint density at radius 2 is 1.95 bits per heavy atom. The molecule has 0 atom stereocenters. The maximum Gasteiger partial charge on any atom is 0.230 e. The molecule has 0 bridgehead atoms. The summed E-state index contributed by atoms with van der Waals surface area (Å²) in [5, 5.41) is 0.862. The smallest absolute Gasteiger partial charge is 0.230 e. The molecule has 0 saturated carbocycles. The van der Waals surface area contributed by atoms with Crippen LogP contribution in [0.5, 0.6) is 5.75 Å². The van der Waals surface area contributed by atoms with Crippen LogP contribution in [-0.2, 0) is 0 Å². The minimum Gasteiger partial charge on any atom is -0.494 e. The maximum absolute atomic E-state index is 13.4. The van der Waals surface area contributed by atoms with Crippen LogP contribution in [0.1, 0.15) is 16.2 Å². The van der Waals surface area contributed by atoms with E-state index in [1.165, 1.54) is 19.2 Å². The third kappa shape index (κ3) is 2.51. The number of ether oxygens (including phenoxy) is 1. The van der Waals surface area contributed by atoms with E-state index in [0.717, 1.165) is 6.07 Å². The second-order valence-electron chi connectivity index (χ2n) is 4.53. The van der Waals surface area contributed by atoms with Gasteiger partial charge < -0.3 is 4.74 Å². The molecule has 3 aromatic rings. The van der Waals surface area contributed by atoms with Gasteiger partial charge in [-0.1, -0.05) is 23.7 Å². The lowest BCUT2D eigenvalue weighted by atomic mass is 10.1. The molecule has 6 heteroatoms. The molecule has 22 heavy (non-hydrogen) atoms. The van der Waals surface area contributed by atoms with Crippen LogP contribution < -0.4 is 4.74 Å². The van der Waals surface area contributed by atoms with Crippen LogP contribution in [0.25, 0.3) is 10.9 Å². The highest BCUT2D eigenvalue weighted by Gasteiger charge is 2.17. The molecular weight excluding hydrogens is 307 g/mol. The summed E-state index contributed by atoms with van der Waals surface area (Å²) in [5.41, 5.74) is 0.796. The second kappa shape index (κ2) is 5.69. The second-order valence-corrected chi connectivity index (χ2v) is 4.89. The Morgan fingerprint density at radius 1 is 1.18 bits per heavy atom. The van der Waals surface area contributed by atoms with Gasteiger partial charge in [0.1, 0.15) is 5.15 Å². The quantitative estimate of drug-likeness (QED) is 0.546. The van der Waals surface area contributed by atoms with Crippen LogP contribution in [0, 0.1) is 5.82 Å².